The maximum absolute atomic E-state index is 9.89. The van der Waals surface area contributed by atoms with Crippen LogP contribution in [0.25, 0.3) is 0 Å². The van der Waals surface area contributed by atoms with Crippen molar-refractivity contribution in [3.63, 3.8) is 0 Å². The largest absolute Gasteiger partial charge is 0.389 e. The molecule has 0 amide bonds. The maximum atomic E-state index is 9.89. The Bertz CT molecular complexity index is 374. The second-order valence-corrected chi connectivity index (χ2v) is 5.56. The van der Waals surface area contributed by atoms with Crippen LogP contribution in [0.5, 0.6) is 0 Å². The van der Waals surface area contributed by atoms with E-state index in [-0.39, 0.29) is 0 Å². The highest BCUT2D eigenvalue weighted by Crippen LogP contribution is 2.11. The Morgan fingerprint density at radius 3 is 2.63 bits per heavy atom. The van der Waals surface area contributed by atoms with Crippen molar-refractivity contribution in [3.8, 4) is 0 Å². The molecule has 0 radical (unpaired) electrons. The molecule has 0 fully saturated rings. The lowest BCUT2D eigenvalue weighted by molar-refractivity contribution is 0.0350. The molecular formula is C15H27N3O. The Morgan fingerprint density at radius 2 is 2.05 bits per heavy atom. The van der Waals surface area contributed by atoms with E-state index in [1.807, 2.05) is 32.0 Å². The predicted molar refractivity (Wildman–Crippen MR) is 80.3 cm³/mol. The van der Waals surface area contributed by atoms with Crippen LogP contribution < -0.4 is 5.32 Å². The van der Waals surface area contributed by atoms with E-state index >= 15 is 0 Å². The minimum atomic E-state index is -0.673. The highest BCUT2D eigenvalue weighted by atomic mass is 16.3. The Morgan fingerprint density at radius 1 is 1.32 bits per heavy atom. The standard InChI is InChI=1S/C15H27N3O/c1-5-10-16-14-9-7-8-13(17-14)11-18(6-2)12-15(3,4)19/h7-9,19H,5-6,10-12H2,1-4H3,(H,16,17). The van der Waals surface area contributed by atoms with Gasteiger partial charge in [0.05, 0.1) is 11.3 Å². The van der Waals surface area contributed by atoms with Gasteiger partial charge in [0.15, 0.2) is 0 Å². The van der Waals surface area contributed by atoms with Gasteiger partial charge in [-0.2, -0.15) is 0 Å². The van der Waals surface area contributed by atoms with Crippen LogP contribution in [0.3, 0.4) is 0 Å². The number of nitrogens with zero attached hydrogens (tertiary/aromatic N) is 2. The molecule has 0 unspecified atom stereocenters. The zero-order valence-corrected chi connectivity index (χ0v) is 12.6. The number of pyridine rings is 1. The van der Waals surface area contributed by atoms with Gasteiger partial charge in [0.1, 0.15) is 5.82 Å². The molecule has 0 aliphatic heterocycles. The number of hydrogen-bond acceptors (Lipinski definition) is 4. The second kappa shape index (κ2) is 7.46. The Labute approximate surface area is 116 Å². The number of nitrogens with one attached hydrogen (secondary N) is 1. The molecule has 1 aromatic heterocycles. The molecule has 0 aromatic carbocycles. The predicted octanol–water partition coefficient (Wildman–Crippen LogP) is 2.50. The van der Waals surface area contributed by atoms with Crippen LogP contribution in [-0.2, 0) is 6.54 Å². The Hall–Kier alpha value is -1.13. The molecule has 0 saturated heterocycles. The van der Waals surface area contributed by atoms with Gasteiger partial charge in [-0.25, -0.2) is 4.98 Å². The van der Waals surface area contributed by atoms with Gasteiger partial charge in [0, 0.05) is 19.6 Å². The molecule has 1 aromatic rings. The third-order valence-electron chi connectivity index (χ3n) is 2.81. The van der Waals surface area contributed by atoms with E-state index in [1.54, 1.807) is 0 Å². The van der Waals surface area contributed by atoms with Crippen molar-refractivity contribution in [2.24, 2.45) is 0 Å². The zero-order valence-electron chi connectivity index (χ0n) is 12.6. The van der Waals surface area contributed by atoms with Crippen LogP contribution in [0.15, 0.2) is 18.2 Å². The quantitative estimate of drug-likeness (QED) is 0.758. The summed E-state index contributed by atoms with van der Waals surface area (Å²) in [7, 11) is 0. The van der Waals surface area contributed by atoms with Gasteiger partial charge in [-0.15, -0.1) is 0 Å². The summed E-state index contributed by atoms with van der Waals surface area (Å²) in [4.78, 5) is 6.79. The van der Waals surface area contributed by atoms with Crippen LogP contribution in [-0.4, -0.2) is 40.2 Å². The van der Waals surface area contributed by atoms with Crippen LogP contribution in [0, 0.1) is 0 Å². The summed E-state index contributed by atoms with van der Waals surface area (Å²) in [6, 6.07) is 6.05. The fourth-order valence-corrected chi connectivity index (χ4v) is 1.97. The van der Waals surface area contributed by atoms with E-state index in [1.165, 1.54) is 0 Å². The highest BCUT2D eigenvalue weighted by Gasteiger charge is 2.17. The molecule has 4 nitrogen and oxygen atoms in total. The summed E-state index contributed by atoms with van der Waals surface area (Å²) in [5, 5.41) is 13.2. The molecule has 0 aliphatic carbocycles. The summed E-state index contributed by atoms with van der Waals surface area (Å²) < 4.78 is 0. The number of hydrogen-bond donors (Lipinski definition) is 2. The lowest BCUT2D eigenvalue weighted by atomic mass is 10.1. The SMILES string of the molecule is CCCNc1cccc(CN(CC)CC(C)(C)O)n1. The van der Waals surface area contributed by atoms with Gasteiger partial charge in [-0.1, -0.05) is 19.9 Å². The summed E-state index contributed by atoms with van der Waals surface area (Å²) in [5.74, 6) is 0.929. The zero-order chi connectivity index (χ0) is 14.3. The fraction of sp³-hybridized carbons (Fsp3) is 0.667. The number of rotatable bonds is 8. The molecule has 0 aliphatic rings. The van der Waals surface area contributed by atoms with Gasteiger partial charge in [-0.3, -0.25) is 4.90 Å². The average Bonchev–Trinajstić information content (AvgIpc) is 2.34. The second-order valence-electron chi connectivity index (χ2n) is 5.56. The molecule has 0 saturated carbocycles. The molecule has 1 heterocycles. The van der Waals surface area contributed by atoms with Crippen molar-refractivity contribution in [1.29, 1.82) is 0 Å². The van der Waals surface area contributed by atoms with Crippen molar-refractivity contribution in [1.82, 2.24) is 9.88 Å². The first kappa shape index (κ1) is 15.9. The molecule has 19 heavy (non-hydrogen) atoms. The molecule has 0 spiro atoms. The molecule has 2 N–H and O–H groups in total. The van der Waals surface area contributed by atoms with Gasteiger partial charge >= 0.3 is 0 Å². The Kier molecular flexibility index (Phi) is 6.25. The summed E-state index contributed by atoms with van der Waals surface area (Å²) >= 11 is 0. The summed E-state index contributed by atoms with van der Waals surface area (Å²) in [6.07, 6.45) is 1.09. The van der Waals surface area contributed by atoms with Crippen molar-refractivity contribution in [2.45, 2.75) is 46.3 Å². The number of aliphatic hydroxyl groups is 1. The number of aromatic nitrogens is 1. The monoisotopic (exact) mass is 265 g/mol. The number of likely N-dealkylation sites (N-methyl/N-ethyl adjacent to an activating group) is 1. The third kappa shape index (κ3) is 6.55. The van der Waals surface area contributed by atoms with E-state index in [2.05, 4.69) is 29.0 Å². The van der Waals surface area contributed by atoms with Crippen LogP contribution in [0.2, 0.25) is 0 Å². The minimum absolute atomic E-state index is 0.651. The lowest BCUT2D eigenvalue weighted by Gasteiger charge is -2.27. The first-order valence-electron chi connectivity index (χ1n) is 7.09. The fourth-order valence-electron chi connectivity index (χ4n) is 1.97. The van der Waals surface area contributed by atoms with E-state index in [0.29, 0.717) is 6.54 Å². The van der Waals surface area contributed by atoms with Crippen LogP contribution >= 0.6 is 0 Å². The first-order valence-corrected chi connectivity index (χ1v) is 7.09. The van der Waals surface area contributed by atoms with Gasteiger partial charge in [0.25, 0.3) is 0 Å². The van der Waals surface area contributed by atoms with Crippen molar-refractivity contribution >= 4 is 5.82 Å². The van der Waals surface area contributed by atoms with Gasteiger partial charge in [-0.05, 0) is 38.9 Å². The van der Waals surface area contributed by atoms with E-state index < -0.39 is 5.60 Å². The van der Waals surface area contributed by atoms with Gasteiger partial charge < -0.3 is 10.4 Å². The normalized spacial score (nSPS) is 11.9. The third-order valence-corrected chi connectivity index (χ3v) is 2.81. The molecule has 1 rings (SSSR count). The molecule has 0 bridgehead atoms. The smallest absolute Gasteiger partial charge is 0.126 e. The molecule has 108 valence electrons. The van der Waals surface area contributed by atoms with E-state index in [9.17, 15) is 5.11 Å². The highest BCUT2D eigenvalue weighted by molar-refractivity contribution is 5.35. The van der Waals surface area contributed by atoms with Crippen LogP contribution in [0.4, 0.5) is 5.82 Å². The van der Waals surface area contributed by atoms with Crippen molar-refractivity contribution in [2.75, 3.05) is 25.0 Å². The molecule has 0 atom stereocenters. The van der Waals surface area contributed by atoms with E-state index in [4.69, 9.17) is 0 Å². The average molecular weight is 265 g/mol. The topological polar surface area (TPSA) is 48.4 Å². The maximum Gasteiger partial charge on any atom is 0.126 e. The van der Waals surface area contributed by atoms with Crippen LogP contribution in [0.1, 0.15) is 39.8 Å². The number of anilines is 1. The lowest BCUT2D eigenvalue weighted by Crippen LogP contribution is -2.38. The molecular weight excluding hydrogens is 238 g/mol. The van der Waals surface area contributed by atoms with Crippen molar-refractivity contribution in [3.05, 3.63) is 23.9 Å². The first-order chi connectivity index (χ1) is 8.94. The summed E-state index contributed by atoms with van der Waals surface area (Å²) in [5.41, 5.74) is 0.362. The van der Waals surface area contributed by atoms with Gasteiger partial charge in [0.2, 0.25) is 0 Å². The summed E-state index contributed by atoms with van der Waals surface area (Å²) in [6.45, 7) is 11.2. The van der Waals surface area contributed by atoms with Crippen molar-refractivity contribution < 1.29 is 5.11 Å². The Balaban J connectivity index is 2.63. The minimum Gasteiger partial charge on any atom is -0.389 e. The molecule has 4 heteroatoms. The van der Waals surface area contributed by atoms with E-state index in [0.717, 1.165) is 37.6 Å².